The average molecular weight is 433 g/mol. The maximum atomic E-state index is 13.3. The Bertz CT molecular complexity index is 915. The molecule has 2 amide bonds. The molecule has 29 heavy (non-hydrogen) atoms. The van der Waals surface area contributed by atoms with Crippen LogP contribution in [0.5, 0.6) is 0 Å². The Morgan fingerprint density at radius 3 is 2.93 bits per heavy atom. The van der Waals surface area contributed by atoms with Gasteiger partial charge in [0, 0.05) is 38.4 Å². The molecule has 1 aliphatic heterocycles. The number of hydrogen-bond acceptors (Lipinski definition) is 5. The Balaban J connectivity index is 1.40. The number of carbonyl (C=O) groups is 2. The van der Waals surface area contributed by atoms with Crippen molar-refractivity contribution in [3.05, 3.63) is 59.3 Å². The summed E-state index contributed by atoms with van der Waals surface area (Å²) in [6.07, 6.45) is 8.65. The standard InChI is InChI=1S/C20H21FN4O2S2/c21-16-5-1-4-15(12-16)13-17-19(27)25(20(28)29-17)10-2-6-18(26)23-7-3-9-24-11-8-22-14-24/h1,4-5,8,11-14H,2-3,6-7,9-10H2,(H,23,26)/b17-13+. The van der Waals surface area contributed by atoms with Gasteiger partial charge in [0.15, 0.2) is 0 Å². The van der Waals surface area contributed by atoms with Crippen molar-refractivity contribution in [2.24, 2.45) is 0 Å². The van der Waals surface area contributed by atoms with Crippen molar-refractivity contribution in [2.45, 2.75) is 25.8 Å². The number of carbonyl (C=O) groups excluding carboxylic acids is 2. The van der Waals surface area contributed by atoms with E-state index in [-0.39, 0.29) is 17.6 Å². The number of halogens is 1. The third kappa shape index (κ3) is 6.23. The summed E-state index contributed by atoms with van der Waals surface area (Å²) < 4.78 is 15.7. The molecular weight excluding hydrogens is 411 g/mol. The third-order valence-corrected chi connectivity index (χ3v) is 5.66. The molecule has 2 heterocycles. The molecule has 1 N–H and O–H groups in total. The van der Waals surface area contributed by atoms with E-state index in [2.05, 4.69) is 10.3 Å². The fourth-order valence-corrected chi connectivity index (χ4v) is 4.14. The lowest BCUT2D eigenvalue weighted by atomic mass is 10.2. The summed E-state index contributed by atoms with van der Waals surface area (Å²) >= 11 is 6.48. The maximum absolute atomic E-state index is 13.3. The van der Waals surface area contributed by atoms with E-state index in [0.29, 0.717) is 40.7 Å². The molecule has 9 heteroatoms. The fourth-order valence-electron chi connectivity index (χ4n) is 2.84. The van der Waals surface area contributed by atoms with Crippen molar-refractivity contribution in [1.82, 2.24) is 19.8 Å². The number of hydrogen-bond donors (Lipinski definition) is 1. The molecule has 1 saturated heterocycles. The Labute approximate surface area is 178 Å². The van der Waals surface area contributed by atoms with E-state index in [0.717, 1.165) is 13.0 Å². The highest BCUT2D eigenvalue weighted by Crippen LogP contribution is 2.32. The number of thiocarbonyl (C=S) groups is 1. The smallest absolute Gasteiger partial charge is 0.266 e. The summed E-state index contributed by atoms with van der Waals surface area (Å²) in [6.45, 7) is 1.77. The summed E-state index contributed by atoms with van der Waals surface area (Å²) in [5.41, 5.74) is 0.612. The van der Waals surface area contributed by atoms with Gasteiger partial charge in [-0.15, -0.1) is 0 Å². The van der Waals surface area contributed by atoms with E-state index >= 15 is 0 Å². The van der Waals surface area contributed by atoms with Crippen LogP contribution in [0.4, 0.5) is 4.39 Å². The quantitative estimate of drug-likeness (QED) is 0.374. The second-order valence-corrected chi connectivity index (χ2v) is 8.17. The average Bonchev–Trinajstić information content (AvgIpc) is 3.29. The molecule has 2 aromatic rings. The van der Waals surface area contributed by atoms with Gasteiger partial charge in [-0.2, -0.15) is 0 Å². The van der Waals surface area contributed by atoms with E-state index in [4.69, 9.17) is 12.2 Å². The van der Waals surface area contributed by atoms with Gasteiger partial charge in [0.2, 0.25) is 5.91 Å². The molecular formula is C20H21FN4O2S2. The number of nitrogens with one attached hydrogen (secondary N) is 1. The number of benzene rings is 1. The Morgan fingerprint density at radius 2 is 2.17 bits per heavy atom. The summed E-state index contributed by atoms with van der Waals surface area (Å²) in [5, 5.41) is 2.88. The Kier molecular flexibility index (Phi) is 7.54. The highest BCUT2D eigenvalue weighted by atomic mass is 32.2. The summed E-state index contributed by atoms with van der Waals surface area (Å²) in [5.74, 6) is -0.605. The topological polar surface area (TPSA) is 67.2 Å². The molecule has 1 aromatic heterocycles. The van der Waals surface area contributed by atoms with Gasteiger partial charge in [-0.25, -0.2) is 9.37 Å². The van der Waals surface area contributed by atoms with Crippen molar-refractivity contribution in [3.63, 3.8) is 0 Å². The van der Waals surface area contributed by atoms with Gasteiger partial charge in [-0.3, -0.25) is 14.5 Å². The summed E-state index contributed by atoms with van der Waals surface area (Å²) in [7, 11) is 0. The van der Waals surface area contributed by atoms with Gasteiger partial charge in [-0.05, 0) is 36.6 Å². The van der Waals surface area contributed by atoms with Crippen LogP contribution in [0.15, 0.2) is 47.9 Å². The normalized spacial score (nSPS) is 15.3. The number of aryl methyl sites for hydroxylation is 1. The highest BCUT2D eigenvalue weighted by Gasteiger charge is 2.31. The van der Waals surface area contributed by atoms with E-state index in [9.17, 15) is 14.0 Å². The van der Waals surface area contributed by atoms with Crippen LogP contribution in [-0.4, -0.2) is 43.7 Å². The lowest BCUT2D eigenvalue weighted by Crippen LogP contribution is -2.31. The minimum absolute atomic E-state index is 0.0450. The predicted octanol–water partition coefficient (Wildman–Crippen LogP) is 3.21. The van der Waals surface area contributed by atoms with Crippen LogP contribution in [0.2, 0.25) is 0 Å². The second-order valence-electron chi connectivity index (χ2n) is 6.50. The molecule has 3 rings (SSSR count). The van der Waals surface area contributed by atoms with Gasteiger partial charge in [-0.1, -0.05) is 36.1 Å². The zero-order valence-corrected chi connectivity index (χ0v) is 17.3. The van der Waals surface area contributed by atoms with Gasteiger partial charge < -0.3 is 9.88 Å². The van der Waals surface area contributed by atoms with Gasteiger partial charge in [0.05, 0.1) is 11.2 Å². The van der Waals surface area contributed by atoms with Crippen LogP contribution in [0, 0.1) is 5.82 Å². The van der Waals surface area contributed by atoms with Crippen molar-refractivity contribution in [3.8, 4) is 0 Å². The van der Waals surface area contributed by atoms with E-state index in [1.165, 1.54) is 28.8 Å². The zero-order valence-electron chi connectivity index (χ0n) is 15.7. The SMILES string of the molecule is O=C(CCCN1C(=O)/C(=C\c2cccc(F)c2)SC1=S)NCCCn1ccnc1. The Morgan fingerprint density at radius 1 is 1.31 bits per heavy atom. The van der Waals surface area contributed by atoms with Gasteiger partial charge in [0.25, 0.3) is 5.91 Å². The molecule has 0 radical (unpaired) electrons. The molecule has 1 fully saturated rings. The van der Waals surface area contributed by atoms with Crippen LogP contribution in [-0.2, 0) is 16.1 Å². The molecule has 0 saturated carbocycles. The van der Waals surface area contributed by atoms with Gasteiger partial charge in [0.1, 0.15) is 10.1 Å². The molecule has 1 aromatic carbocycles. The van der Waals surface area contributed by atoms with Crippen LogP contribution in [0.25, 0.3) is 6.08 Å². The van der Waals surface area contributed by atoms with Crippen LogP contribution in [0.3, 0.4) is 0 Å². The van der Waals surface area contributed by atoms with E-state index in [1.54, 1.807) is 30.7 Å². The number of nitrogens with zero attached hydrogens (tertiary/aromatic N) is 3. The number of thioether (sulfide) groups is 1. The lowest BCUT2D eigenvalue weighted by Gasteiger charge is -2.14. The number of rotatable bonds is 9. The molecule has 152 valence electrons. The number of imidazole rings is 1. The highest BCUT2D eigenvalue weighted by molar-refractivity contribution is 8.26. The minimum atomic E-state index is -0.356. The maximum Gasteiger partial charge on any atom is 0.266 e. The van der Waals surface area contributed by atoms with E-state index in [1.807, 2.05) is 10.8 Å². The first-order valence-electron chi connectivity index (χ1n) is 9.26. The first kappa shape index (κ1) is 21.2. The van der Waals surface area contributed by atoms with Crippen LogP contribution >= 0.6 is 24.0 Å². The van der Waals surface area contributed by atoms with Gasteiger partial charge >= 0.3 is 0 Å². The van der Waals surface area contributed by atoms with Crippen molar-refractivity contribution >= 4 is 46.2 Å². The third-order valence-electron chi connectivity index (χ3n) is 4.28. The molecule has 0 aliphatic carbocycles. The van der Waals surface area contributed by atoms with Crippen LogP contribution < -0.4 is 5.32 Å². The predicted molar refractivity (Wildman–Crippen MR) is 115 cm³/mol. The molecule has 1 aliphatic rings. The first-order chi connectivity index (χ1) is 14.0. The fraction of sp³-hybridized carbons (Fsp3) is 0.300. The monoisotopic (exact) mass is 432 g/mol. The summed E-state index contributed by atoms with van der Waals surface area (Å²) in [4.78, 5) is 30.4. The molecule has 0 unspecified atom stereocenters. The molecule has 0 spiro atoms. The second kappa shape index (κ2) is 10.3. The molecule has 6 nitrogen and oxygen atoms in total. The summed E-state index contributed by atoms with van der Waals surface area (Å²) in [6, 6.07) is 6.04. The largest absolute Gasteiger partial charge is 0.356 e. The van der Waals surface area contributed by atoms with E-state index < -0.39 is 0 Å². The van der Waals surface area contributed by atoms with Crippen molar-refractivity contribution < 1.29 is 14.0 Å². The Hall–Kier alpha value is -2.52. The molecule has 0 atom stereocenters. The van der Waals surface area contributed by atoms with Crippen molar-refractivity contribution in [2.75, 3.05) is 13.1 Å². The molecule has 0 bridgehead atoms. The lowest BCUT2D eigenvalue weighted by molar-refractivity contribution is -0.124. The van der Waals surface area contributed by atoms with Crippen LogP contribution in [0.1, 0.15) is 24.8 Å². The first-order valence-corrected chi connectivity index (χ1v) is 10.5. The zero-order chi connectivity index (χ0) is 20.6. The minimum Gasteiger partial charge on any atom is -0.356 e. The number of amides is 2. The van der Waals surface area contributed by atoms with Crippen molar-refractivity contribution in [1.29, 1.82) is 0 Å². The number of aromatic nitrogens is 2.